The molecule has 0 spiro atoms. The van der Waals surface area contributed by atoms with Crippen LogP contribution in [-0.4, -0.2) is 41.0 Å². The minimum atomic E-state index is 0.0510. The molecular weight excluding hydrogens is 478 g/mol. The van der Waals surface area contributed by atoms with E-state index < -0.39 is 0 Å². The van der Waals surface area contributed by atoms with Crippen molar-refractivity contribution in [2.24, 2.45) is 5.92 Å². The fraction of sp³-hybridized carbons (Fsp3) is 0.519. The molecule has 6 heteroatoms. The van der Waals surface area contributed by atoms with E-state index >= 15 is 0 Å². The van der Waals surface area contributed by atoms with E-state index in [-0.39, 0.29) is 12.3 Å². The van der Waals surface area contributed by atoms with Crippen molar-refractivity contribution in [3.8, 4) is 5.75 Å². The van der Waals surface area contributed by atoms with Gasteiger partial charge in [0, 0.05) is 34.6 Å². The highest BCUT2D eigenvalue weighted by molar-refractivity contribution is 9.10. The Bertz CT molecular complexity index is 1140. The summed E-state index contributed by atoms with van der Waals surface area (Å²) >= 11 is 3.62. The lowest BCUT2D eigenvalue weighted by atomic mass is 9.82. The van der Waals surface area contributed by atoms with Crippen LogP contribution in [0.5, 0.6) is 5.75 Å². The molecule has 0 N–H and O–H groups in total. The second-order valence-corrected chi connectivity index (χ2v) is 10.8. The largest absolute Gasteiger partial charge is 0.496 e. The van der Waals surface area contributed by atoms with Crippen LogP contribution in [0, 0.1) is 5.92 Å². The minimum Gasteiger partial charge on any atom is -0.496 e. The molecule has 0 amide bonds. The Balaban J connectivity index is 1.66. The van der Waals surface area contributed by atoms with E-state index in [0.29, 0.717) is 12.0 Å². The molecule has 176 valence electrons. The number of hydrogen-bond acceptors (Lipinski definition) is 4. The van der Waals surface area contributed by atoms with Gasteiger partial charge in [-0.25, -0.2) is 4.68 Å². The van der Waals surface area contributed by atoms with E-state index in [1.165, 1.54) is 34.0 Å². The molecule has 0 aliphatic carbocycles. The van der Waals surface area contributed by atoms with Gasteiger partial charge in [-0.05, 0) is 67.9 Å². The molecule has 5 rings (SSSR count). The summed E-state index contributed by atoms with van der Waals surface area (Å²) in [4.78, 5) is 2.65. The zero-order chi connectivity index (χ0) is 23.1. The minimum absolute atomic E-state index is 0.0510. The normalized spacial score (nSPS) is 23.8. The molecule has 0 saturated carbocycles. The first-order valence-electron chi connectivity index (χ1n) is 12.2. The third-order valence-corrected chi connectivity index (χ3v) is 7.61. The Morgan fingerprint density at radius 2 is 2.00 bits per heavy atom. The highest BCUT2D eigenvalue weighted by Gasteiger charge is 2.36. The predicted molar refractivity (Wildman–Crippen MR) is 136 cm³/mol. The van der Waals surface area contributed by atoms with Gasteiger partial charge in [-0.1, -0.05) is 41.9 Å². The quantitative estimate of drug-likeness (QED) is 0.391. The van der Waals surface area contributed by atoms with Crippen molar-refractivity contribution in [2.75, 3.05) is 20.3 Å². The van der Waals surface area contributed by atoms with E-state index in [4.69, 9.17) is 14.6 Å². The van der Waals surface area contributed by atoms with Gasteiger partial charge in [-0.15, -0.1) is 0 Å². The topological polar surface area (TPSA) is 39.5 Å². The molecule has 1 aromatic heterocycles. The standard InChI is InChI=1S/C27H34BrN3O2/c1-17(2)16-30-18(3)13-22-20(27(30)21-9-8-19(28)14-25(21)32-4)10-11-24-23(22)15-29-31(24)26-7-5-6-12-33-26/h8-11,14-15,17-18,26-27H,5-7,12-13,16H2,1-4H3/t18-,26?,27+/m1/s1. The lowest BCUT2D eigenvalue weighted by Crippen LogP contribution is -2.44. The molecule has 0 radical (unpaired) electrons. The average Bonchev–Trinajstić information content (AvgIpc) is 3.25. The van der Waals surface area contributed by atoms with Crippen molar-refractivity contribution < 1.29 is 9.47 Å². The van der Waals surface area contributed by atoms with Crippen LogP contribution in [0.25, 0.3) is 10.9 Å². The van der Waals surface area contributed by atoms with Crippen molar-refractivity contribution in [2.45, 2.75) is 64.8 Å². The van der Waals surface area contributed by atoms with E-state index in [9.17, 15) is 0 Å². The molecule has 3 aromatic rings. The summed E-state index contributed by atoms with van der Waals surface area (Å²) in [6.07, 6.45) is 6.51. The number of nitrogens with zero attached hydrogens (tertiary/aromatic N) is 3. The molecule has 3 atom stereocenters. The second kappa shape index (κ2) is 9.40. The average molecular weight is 512 g/mol. The molecule has 3 heterocycles. The molecule has 2 aliphatic heterocycles. The van der Waals surface area contributed by atoms with Crippen LogP contribution in [-0.2, 0) is 11.2 Å². The maximum Gasteiger partial charge on any atom is 0.150 e. The van der Waals surface area contributed by atoms with E-state index in [1.807, 2.05) is 0 Å². The number of hydrogen-bond donors (Lipinski definition) is 0. The van der Waals surface area contributed by atoms with Crippen molar-refractivity contribution in [3.63, 3.8) is 0 Å². The summed E-state index contributed by atoms with van der Waals surface area (Å²) in [5.41, 5.74) is 5.19. The molecule has 1 fully saturated rings. The first-order chi connectivity index (χ1) is 16.0. The molecule has 2 aliphatic rings. The van der Waals surface area contributed by atoms with Crippen molar-refractivity contribution in [1.29, 1.82) is 0 Å². The number of rotatable bonds is 5. The Kier molecular flexibility index (Phi) is 6.51. The third kappa shape index (κ3) is 4.22. The highest BCUT2D eigenvalue weighted by atomic mass is 79.9. The lowest BCUT2D eigenvalue weighted by Gasteiger charge is -2.43. The van der Waals surface area contributed by atoms with Crippen molar-refractivity contribution in [3.05, 3.63) is 57.7 Å². The van der Waals surface area contributed by atoms with Crippen LogP contribution in [0.1, 0.15) is 69.0 Å². The summed E-state index contributed by atoms with van der Waals surface area (Å²) in [5, 5.41) is 6.07. The van der Waals surface area contributed by atoms with Crippen molar-refractivity contribution in [1.82, 2.24) is 14.7 Å². The fourth-order valence-electron chi connectivity index (χ4n) is 5.64. The summed E-state index contributed by atoms with van der Waals surface area (Å²) in [5.74, 6) is 1.50. The van der Waals surface area contributed by atoms with Crippen LogP contribution in [0.2, 0.25) is 0 Å². The lowest BCUT2D eigenvalue weighted by molar-refractivity contribution is -0.0366. The van der Waals surface area contributed by atoms with Crippen LogP contribution in [0.15, 0.2) is 41.0 Å². The number of aromatic nitrogens is 2. The number of ether oxygens (including phenoxy) is 2. The highest BCUT2D eigenvalue weighted by Crippen LogP contribution is 2.44. The number of fused-ring (bicyclic) bond motifs is 3. The molecule has 0 bridgehead atoms. The molecule has 1 saturated heterocycles. The third-order valence-electron chi connectivity index (χ3n) is 7.11. The Morgan fingerprint density at radius 1 is 1.18 bits per heavy atom. The van der Waals surface area contributed by atoms with Gasteiger partial charge in [0.2, 0.25) is 0 Å². The predicted octanol–water partition coefficient (Wildman–Crippen LogP) is 6.50. The smallest absolute Gasteiger partial charge is 0.150 e. The van der Waals surface area contributed by atoms with Gasteiger partial charge in [0.1, 0.15) is 5.75 Å². The van der Waals surface area contributed by atoms with E-state index in [2.05, 4.69) is 82.8 Å². The Hall–Kier alpha value is -1.89. The maximum absolute atomic E-state index is 6.06. The Morgan fingerprint density at radius 3 is 2.73 bits per heavy atom. The monoisotopic (exact) mass is 511 g/mol. The van der Waals surface area contributed by atoms with Gasteiger partial charge in [-0.2, -0.15) is 5.10 Å². The summed E-state index contributed by atoms with van der Waals surface area (Å²) < 4.78 is 15.1. The summed E-state index contributed by atoms with van der Waals surface area (Å²) in [6, 6.07) is 11.6. The number of benzene rings is 2. The van der Waals surface area contributed by atoms with Gasteiger partial charge in [0.25, 0.3) is 0 Å². The summed E-state index contributed by atoms with van der Waals surface area (Å²) in [6.45, 7) is 8.82. The fourth-order valence-corrected chi connectivity index (χ4v) is 5.98. The SMILES string of the molecule is COc1cc(Br)ccc1[C@@H]1c2ccc3c(cnn3C3CCCCO3)c2C[C@@H](C)N1CC(C)C. The van der Waals surface area contributed by atoms with Crippen molar-refractivity contribution >= 4 is 26.8 Å². The Labute approximate surface area is 205 Å². The summed E-state index contributed by atoms with van der Waals surface area (Å²) in [7, 11) is 1.77. The van der Waals surface area contributed by atoms with Crippen LogP contribution in [0.3, 0.4) is 0 Å². The molecular formula is C27H34BrN3O2. The van der Waals surface area contributed by atoms with Crippen LogP contribution < -0.4 is 4.74 Å². The number of methoxy groups -OCH3 is 1. The van der Waals surface area contributed by atoms with Gasteiger partial charge < -0.3 is 9.47 Å². The number of halogens is 1. The van der Waals surface area contributed by atoms with E-state index in [1.54, 1.807) is 7.11 Å². The van der Waals surface area contributed by atoms with Crippen LogP contribution in [0.4, 0.5) is 0 Å². The molecule has 2 aromatic carbocycles. The first-order valence-corrected chi connectivity index (χ1v) is 13.0. The zero-order valence-corrected chi connectivity index (χ0v) is 21.6. The molecule has 33 heavy (non-hydrogen) atoms. The van der Waals surface area contributed by atoms with E-state index in [0.717, 1.165) is 42.6 Å². The van der Waals surface area contributed by atoms with Crippen LogP contribution >= 0.6 is 15.9 Å². The maximum atomic E-state index is 6.06. The zero-order valence-electron chi connectivity index (χ0n) is 20.1. The van der Waals surface area contributed by atoms with Gasteiger partial charge in [0.05, 0.1) is 24.9 Å². The first kappa shape index (κ1) is 22.9. The van der Waals surface area contributed by atoms with Gasteiger partial charge >= 0.3 is 0 Å². The molecule has 5 nitrogen and oxygen atoms in total. The molecule has 1 unspecified atom stereocenters. The van der Waals surface area contributed by atoms with Gasteiger partial charge in [0.15, 0.2) is 6.23 Å². The van der Waals surface area contributed by atoms with Gasteiger partial charge in [-0.3, -0.25) is 4.90 Å². The second-order valence-electron chi connectivity index (χ2n) is 9.91.